The van der Waals surface area contributed by atoms with E-state index >= 15 is 0 Å². The Labute approximate surface area is 86.5 Å². The quantitative estimate of drug-likeness (QED) is 0.704. The Hall–Kier alpha value is -0.150. The maximum atomic E-state index is 5.86. The summed E-state index contributed by atoms with van der Waals surface area (Å²) in [4.78, 5) is 2.92. The third-order valence-corrected chi connectivity index (χ3v) is 3.39. The van der Waals surface area contributed by atoms with E-state index in [4.69, 9.17) is 18.0 Å². The van der Waals surface area contributed by atoms with Crippen molar-refractivity contribution in [3.05, 3.63) is 0 Å². The highest BCUT2D eigenvalue weighted by Gasteiger charge is 2.35. The lowest BCUT2D eigenvalue weighted by Gasteiger charge is -2.38. The van der Waals surface area contributed by atoms with Crippen LogP contribution in [0.1, 0.15) is 32.1 Å². The van der Waals surface area contributed by atoms with Crippen LogP contribution in [0.25, 0.3) is 0 Å². The first-order chi connectivity index (χ1) is 6.07. The zero-order chi connectivity index (χ0) is 9.90. The van der Waals surface area contributed by atoms with Crippen molar-refractivity contribution in [2.24, 2.45) is 11.1 Å². The molecule has 0 unspecified atom stereocenters. The predicted molar refractivity (Wildman–Crippen MR) is 60.9 cm³/mol. The maximum Gasteiger partial charge on any atom is 0.0802 e. The Kier molecular flexibility index (Phi) is 3.68. The van der Waals surface area contributed by atoms with Gasteiger partial charge in [0.1, 0.15) is 0 Å². The summed E-state index contributed by atoms with van der Waals surface area (Å²) < 4.78 is 0. The highest BCUT2D eigenvalue weighted by molar-refractivity contribution is 7.80. The van der Waals surface area contributed by atoms with Crippen LogP contribution < -0.4 is 5.73 Å². The van der Waals surface area contributed by atoms with Gasteiger partial charge in [0.2, 0.25) is 0 Å². The lowest BCUT2D eigenvalue weighted by molar-refractivity contribution is 0.209. The molecule has 1 saturated carbocycles. The van der Waals surface area contributed by atoms with E-state index in [9.17, 15) is 0 Å². The summed E-state index contributed by atoms with van der Waals surface area (Å²) >= 11 is 5.20. The fourth-order valence-electron chi connectivity index (χ4n) is 2.32. The van der Waals surface area contributed by atoms with Crippen molar-refractivity contribution in [3.8, 4) is 0 Å². The van der Waals surface area contributed by atoms with Crippen LogP contribution in [0.3, 0.4) is 0 Å². The molecule has 1 rings (SSSR count). The minimum absolute atomic E-state index is 0.136. The van der Waals surface area contributed by atoms with Crippen LogP contribution in [0.4, 0.5) is 0 Å². The summed E-state index contributed by atoms with van der Waals surface area (Å²) in [6.45, 7) is 1.02. The largest absolute Gasteiger partial charge is 0.393 e. The van der Waals surface area contributed by atoms with Crippen LogP contribution in [0.2, 0.25) is 0 Å². The third-order valence-electron chi connectivity index (χ3n) is 2.95. The molecule has 1 fully saturated rings. The second-order valence-corrected chi connectivity index (χ2v) is 4.88. The van der Waals surface area contributed by atoms with Crippen molar-refractivity contribution >= 4 is 17.2 Å². The second-order valence-electron chi connectivity index (χ2n) is 4.44. The summed E-state index contributed by atoms with van der Waals surface area (Å²) in [5, 5.41) is 0. The van der Waals surface area contributed by atoms with Crippen molar-refractivity contribution in [2.75, 3.05) is 20.6 Å². The Morgan fingerprint density at radius 1 is 1.31 bits per heavy atom. The molecule has 0 radical (unpaired) electrons. The van der Waals surface area contributed by atoms with Gasteiger partial charge >= 0.3 is 0 Å². The number of nitrogens with two attached hydrogens (primary N) is 1. The molecule has 0 aromatic carbocycles. The number of hydrogen-bond acceptors (Lipinski definition) is 2. The van der Waals surface area contributed by atoms with Gasteiger partial charge in [0, 0.05) is 12.0 Å². The monoisotopic (exact) mass is 200 g/mol. The normalized spacial score (nSPS) is 21.8. The van der Waals surface area contributed by atoms with E-state index in [-0.39, 0.29) is 5.41 Å². The number of thiocarbonyl (C=S) groups is 1. The number of rotatable bonds is 3. The first kappa shape index (κ1) is 10.9. The second kappa shape index (κ2) is 4.38. The Bertz CT molecular complexity index is 183. The Balaban J connectivity index is 2.67. The molecule has 1 aliphatic rings. The smallest absolute Gasteiger partial charge is 0.0802 e. The maximum absolute atomic E-state index is 5.86. The molecule has 0 aromatic rings. The lowest BCUT2D eigenvalue weighted by atomic mass is 9.73. The van der Waals surface area contributed by atoms with E-state index in [1.54, 1.807) is 0 Å². The van der Waals surface area contributed by atoms with Crippen molar-refractivity contribution in [1.82, 2.24) is 4.90 Å². The van der Waals surface area contributed by atoms with E-state index in [1.807, 2.05) is 0 Å². The van der Waals surface area contributed by atoms with Gasteiger partial charge in [-0.15, -0.1) is 0 Å². The molecule has 2 N–H and O–H groups in total. The van der Waals surface area contributed by atoms with Crippen molar-refractivity contribution in [2.45, 2.75) is 32.1 Å². The zero-order valence-electron chi connectivity index (χ0n) is 8.68. The van der Waals surface area contributed by atoms with E-state index in [2.05, 4.69) is 19.0 Å². The van der Waals surface area contributed by atoms with Crippen LogP contribution in [-0.2, 0) is 0 Å². The topological polar surface area (TPSA) is 29.3 Å². The van der Waals surface area contributed by atoms with E-state index in [1.165, 1.54) is 32.1 Å². The van der Waals surface area contributed by atoms with Gasteiger partial charge in [-0.1, -0.05) is 31.5 Å². The Morgan fingerprint density at radius 3 is 2.23 bits per heavy atom. The molecule has 0 bridgehead atoms. The molecular formula is C10H20N2S. The molecular weight excluding hydrogens is 180 g/mol. The van der Waals surface area contributed by atoms with Gasteiger partial charge in [0.05, 0.1) is 4.99 Å². The average Bonchev–Trinajstić information content (AvgIpc) is 2.04. The average molecular weight is 200 g/mol. The SMILES string of the molecule is CN(C)CC1(C(N)=S)CCCCC1. The van der Waals surface area contributed by atoms with Gasteiger partial charge in [-0.05, 0) is 26.9 Å². The van der Waals surface area contributed by atoms with Gasteiger partial charge in [-0.25, -0.2) is 0 Å². The molecule has 76 valence electrons. The molecule has 0 aliphatic heterocycles. The van der Waals surface area contributed by atoms with Crippen LogP contribution in [0.5, 0.6) is 0 Å². The van der Waals surface area contributed by atoms with E-state index in [0.29, 0.717) is 0 Å². The third kappa shape index (κ3) is 2.64. The molecule has 0 amide bonds. The molecule has 0 heterocycles. The summed E-state index contributed by atoms with van der Waals surface area (Å²) in [5.74, 6) is 0. The minimum Gasteiger partial charge on any atom is -0.393 e. The van der Waals surface area contributed by atoms with Gasteiger partial charge in [-0.3, -0.25) is 0 Å². The lowest BCUT2D eigenvalue weighted by Crippen LogP contribution is -2.44. The fraction of sp³-hybridized carbons (Fsp3) is 0.900. The number of hydrogen-bond donors (Lipinski definition) is 1. The van der Waals surface area contributed by atoms with Crippen molar-refractivity contribution < 1.29 is 0 Å². The van der Waals surface area contributed by atoms with Crippen molar-refractivity contribution in [3.63, 3.8) is 0 Å². The summed E-state index contributed by atoms with van der Waals surface area (Å²) in [5.41, 5.74) is 5.99. The summed E-state index contributed by atoms with van der Waals surface area (Å²) in [6.07, 6.45) is 6.27. The highest BCUT2D eigenvalue weighted by atomic mass is 32.1. The van der Waals surface area contributed by atoms with Crippen LogP contribution >= 0.6 is 12.2 Å². The van der Waals surface area contributed by atoms with Gasteiger partial charge in [-0.2, -0.15) is 0 Å². The zero-order valence-corrected chi connectivity index (χ0v) is 9.49. The molecule has 0 saturated heterocycles. The highest BCUT2D eigenvalue weighted by Crippen LogP contribution is 2.36. The van der Waals surface area contributed by atoms with Gasteiger partial charge in [0.25, 0.3) is 0 Å². The van der Waals surface area contributed by atoms with Crippen LogP contribution in [-0.4, -0.2) is 30.5 Å². The molecule has 1 aliphatic carbocycles. The Morgan fingerprint density at radius 2 is 1.85 bits per heavy atom. The molecule has 2 nitrogen and oxygen atoms in total. The van der Waals surface area contributed by atoms with E-state index in [0.717, 1.165) is 11.5 Å². The van der Waals surface area contributed by atoms with Crippen molar-refractivity contribution in [1.29, 1.82) is 0 Å². The minimum atomic E-state index is 0.136. The van der Waals surface area contributed by atoms with Gasteiger partial charge < -0.3 is 10.6 Å². The fourth-order valence-corrected chi connectivity index (χ4v) is 2.58. The molecule has 0 spiro atoms. The standard InChI is InChI=1S/C10H20N2S/c1-12(2)8-10(9(11)13)6-4-3-5-7-10/h3-8H2,1-2H3,(H2,11,13). The van der Waals surface area contributed by atoms with Crippen LogP contribution in [0, 0.1) is 5.41 Å². The predicted octanol–water partition coefficient (Wildman–Crippen LogP) is 1.78. The van der Waals surface area contributed by atoms with Gasteiger partial charge in [0.15, 0.2) is 0 Å². The summed E-state index contributed by atoms with van der Waals surface area (Å²) in [6, 6.07) is 0. The van der Waals surface area contributed by atoms with Crippen LogP contribution in [0.15, 0.2) is 0 Å². The molecule has 13 heavy (non-hydrogen) atoms. The molecule has 0 aromatic heterocycles. The number of nitrogens with zero attached hydrogens (tertiary/aromatic N) is 1. The molecule has 3 heteroatoms. The summed E-state index contributed by atoms with van der Waals surface area (Å²) in [7, 11) is 4.18. The van der Waals surface area contributed by atoms with E-state index < -0.39 is 0 Å². The first-order valence-electron chi connectivity index (χ1n) is 5.01. The first-order valence-corrected chi connectivity index (χ1v) is 5.42. The molecule has 0 atom stereocenters.